The Bertz CT molecular complexity index is 248. The lowest BCUT2D eigenvalue weighted by Gasteiger charge is -2.03. The smallest absolute Gasteiger partial charge is 0.0409 e. The molecule has 0 radical (unpaired) electrons. The molecule has 0 fully saturated rings. The monoisotopic (exact) mass is 197 g/mol. The first-order valence-electron chi connectivity index (χ1n) is 4.78. The van der Waals surface area contributed by atoms with E-state index in [2.05, 4.69) is 18.3 Å². The van der Waals surface area contributed by atoms with Crippen LogP contribution in [0.25, 0.3) is 0 Å². The molecule has 0 atom stereocenters. The molecule has 0 aliphatic carbocycles. The first-order valence-corrected chi connectivity index (χ1v) is 5.16. The minimum atomic E-state index is 0.815. The molecule has 1 N–H and O–H groups in total. The Morgan fingerprint density at radius 3 is 2.92 bits per heavy atom. The maximum Gasteiger partial charge on any atom is 0.0409 e. The first kappa shape index (κ1) is 10.6. The second-order valence-corrected chi connectivity index (χ2v) is 3.60. The van der Waals surface area contributed by atoms with Crippen molar-refractivity contribution in [3.05, 3.63) is 34.9 Å². The maximum absolute atomic E-state index is 5.86. The van der Waals surface area contributed by atoms with Gasteiger partial charge in [-0.3, -0.25) is 0 Å². The quantitative estimate of drug-likeness (QED) is 0.715. The van der Waals surface area contributed by atoms with Crippen LogP contribution in [0.5, 0.6) is 0 Å². The number of unbranched alkanes of at least 4 members (excludes halogenated alkanes) is 1. The molecule has 0 saturated heterocycles. The molecule has 0 unspecified atom stereocenters. The van der Waals surface area contributed by atoms with E-state index in [1.165, 1.54) is 18.4 Å². The van der Waals surface area contributed by atoms with Gasteiger partial charge in [-0.15, -0.1) is 0 Å². The van der Waals surface area contributed by atoms with Crippen LogP contribution in [0.15, 0.2) is 24.3 Å². The van der Waals surface area contributed by atoms with E-state index in [9.17, 15) is 0 Å². The van der Waals surface area contributed by atoms with E-state index in [1.807, 2.05) is 18.2 Å². The van der Waals surface area contributed by atoms with Crippen LogP contribution in [0.1, 0.15) is 25.3 Å². The van der Waals surface area contributed by atoms with Crippen molar-refractivity contribution in [3.63, 3.8) is 0 Å². The van der Waals surface area contributed by atoms with Gasteiger partial charge in [-0.2, -0.15) is 0 Å². The summed E-state index contributed by atoms with van der Waals surface area (Å²) in [5.74, 6) is 0. The fourth-order valence-electron chi connectivity index (χ4n) is 1.18. The number of halogens is 1. The summed E-state index contributed by atoms with van der Waals surface area (Å²) >= 11 is 5.86. The van der Waals surface area contributed by atoms with Gasteiger partial charge >= 0.3 is 0 Å². The highest BCUT2D eigenvalue weighted by Gasteiger charge is 1.92. The van der Waals surface area contributed by atoms with Crippen molar-refractivity contribution in [2.24, 2.45) is 0 Å². The SMILES string of the molecule is CCCCNCc1cccc(Cl)c1. The Balaban J connectivity index is 2.28. The highest BCUT2D eigenvalue weighted by Crippen LogP contribution is 2.10. The van der Waals surface area contributed by atoms with Crippen LogP contribution in [0.2, 0.25) is 5.02 Å². The molecular formula is C11H16ClN. The van der Waals surface area contributed by atoms with Crippen molar-refractivity contribution in [1.82, 2.24) is 5.32 Å². The van der Waals surface area contributed by atoms with E-state index in [0.29, 0.717) is 0 Å². The Kier molecular flexibility index (Phi) is 4.87. The largest absolute Gasteiger partial charge is 0.313 e. The highest BCUT2D eigenvalue weighted by atomic mass is 35.5. The van der Waals surface area contributed by atoms with Crippen LogP contribution in [-0.4, -0.2) is 6.54 Å². The van der Waals surface area contributed by atoms with Gasteiger partial charge in [0.25, 0.3) is 0 Å². The molecule has 13 heavy (non-hydrogen) atoms. The van der Waals surface area contributed by atoms with E-state index in [0.717, 1.165) is 18.1 Å². The van der Waals surface area contributed by atoms with Crippen molar-refractivity contribution in [2.75, 3.05) is 6.54 Å². The Morgan fingerprint density at radius 2 is 2.23 bits per heavy atom. The Morgan fingerprint density at radius 1 is 1.38 bits per heavy atom. The summed E-state index contributed by atoms with van der Waals surface area (Å²) in [7, 11) is 0. The molecule has 1 aromatic carbocycles. The second-order valence-electron chi connectivity index (χ2n) is 3.16. The van der Waals surface area contributed by atoms with Crippen LogP contribution in [-0.2, 0) is 6.54 Å². The van der Waals surface area contributed by atoms with Crippen LogP contribution in [0.4, 0.5) is 0 Å². The Labute approximate surface area is 85.1 Å². The summed E-state index contributed by atoms with van der Waals surface area (Å²) in [5, 5.41) is 4.19. The van der Waals surface area contributed by atoms with Crippen LogP contribution >= 0.6 is 11.6 Å². The number of rotatable bonds is 5. The first-order chi connectivity index (χ1) is 6.33. The minimum absolute atomic E-state index is 0.815. The van der Waals surface area contributed by atoms with Gasteiger partial charge in [0.1, 0.15) is 0 Å². The third kappa shape index (κ3) is 4.30. The standard InChI is InChI=1S/C11H16ClN/c1-2-3-7-13-9-10-5-4-6-11(12)8-10/h4-6,8,13H,2-3,7,9H2,1H3. The molecule has 0 spiro atoms. The molecule has 0 bridgehead atoms. The molecule has 2 heteroatoms. The highest BCUT2D eigenvalue weighted by molar-refractivity contribution is 6.30. The summed E-state index contributed by atoms with van der Waals surface area (Å²) in [6.07, 6.45) is 2.48. The molecule has 0 aromatic heterocycles. The fraction of sp³-hybridized carbons (Fsp3) is 0.455. The molecule has 1 rings (SSSR count). The van der Waals surface area contributed by atoms with E-state index in [4.69, 9.17) is 11.6 Å². The summed E-state index contributed by atoms with van der Waals surface area (Å²) < 4.78 is 0. The molecule has 72 valence electrons. The van der Waals surface area contributed by atoms with Crippen molar-refractivity contribution >= 4 is 11.6 Å². The fourth-order valence-corrected chi connectivity index (χ4v) is 1.39. The third-order valence-electron chi connectivity index (χ3n) is 1.93. The van der Waals surface area contributed by atoms with Crippen LogP contribution < -0.4 is 5.32 Å². The lowest BCUT2D eigenvalue weighted by Crippen LogP contribution is -2.14. The number of nitrogens with one attached hydrogen (secondary N) is 1. The predicted molar refractivity (Wildman–Crippen MR) is 58.1 cm³/mol. The number of hydrogen-bond donors (Lipinski definition) is 1. The topological polar surface area (TPSA) is 12.0 Å². The summed E-state index contributed by atoms with van der Waals surface area (Å²) in [5.41, 5.74) is 1.25. The summed E-state index contributed by atoms with van der Waals surface area (Å²) in [6, 6.07) is 7.97. The number of benzene rings is 1. The zero-order chi connectivity index (χ0) is 9.52. The maximum atomic E-state index is 5.86. The summed E-state index contributed by atoms with van der Waals surface area (Å²) in [4.78, 5) is 0. The van der Waals surface area contributed by atoms with Gasteiger partial charge < -0.3 is 5.32 Å². The molecule has 0 saturated carbocycles. The van der Waals surface area contributed by atoms with Gasteiger partial charge in [0.2, 0.25) is 0 Å². The van der Waals surface area contributed by atoms with Gasteiger partial charge in [0, 0.05) is 11.6 Å². The Hall–Kier alpha value is -0.530. The predicted octanol–water partition coefficient (Wildman–Crippen LogP) is 3.23. The number of hydrogen-bond acceptors (Lipinski definition) is 1. The van der Waals surface area contributed by atoms with Crippen molar-refractivity contribution in [3.8, 4) is 0 Å². The van der Waals surface area contributed by atoms with E-state index in [-0.39, 0.29) is 0 Å². The van der Waals surface area contributed by atoms with E-state index < -0.39 is 0 Å². The van der Waals surface area contributed by atoms with Crippen LogP contribution in [0.3, 0.4) is 0 Å². The van der Waals surface area contributed by atoms with Gasteiger partial charge in [-0.25, -0.2) is 0 Å². The normalized spacial score (nSPS) is 10.3. The van der Waals surface area contributed by atoms with Crippen LogP contribution in [0, 0.1) is 0 Å². The van der Waals surface area contributed by atoms with Gasteiger partial charge in [-0.05, 0) is 30.7 Å². The van der Waals surface area contributed by atoms with Gasteiger partial charge in [0.05, 0.1) is 0 Å². The van der Waals surface area contributed by atoms with Crippen molar-refractivity contribution in [1.29, 1.82) is 0 Å². The lowest BCUT2D eigenvalue weighted by atomic mass is 10.2. The average molecular weight is 198 g/mol. The third-order valence-corrected chi connectivity index (χ3v) is 2.16. The van der Waals surface area contributed by atoms with E-state index >= 15 is 0 Å². The molecular weight excluding hydrogens is 182 g/mol. The molecule has 0 aliphatic heterocycles. The molecule has 0 aliphatic rings. The molecule has 1 aromatic rings. The lowest BCUT2D eigenvalue weighted by molar-refractivity contribution is 0.641. The van der Waals surface area contributed by atoms with Crippen molar-refractivity contribution < 1.29 is 0 Å². The average Bonchev–Trinajstić information content (AvgIpc) is 2.13. The van der Waals surface area contributed by atoms with Crippen molar-refractivity contribution in [2.45, 2.75) is 26.3 Å². The van der Waals surface area contributed by atoms with Gasteiger partial charge in [-0.1, -0.05) is 37.1 Å². The molecule has 0 amide bonds. The van der Waals surface area contributed by atoms with E-state index in [1.54, 1.807) is 0 Å². The van der Waals surface area contributed by atoms with Gasteiger partial charge in [0.15, 0.2) is 0 Å². The minimum Gasteiger partial charge on any atom is -0.313 e. The summed E-state index contributed by atoms with van der Waals surface area (Å²) in [6.45, 7) is 4.20. The zero-order valence-electron chi connectivity index (χ0n) is 8.02. The zero-order valence-corrected chi connectivity index (χ0v) is 8.77. The second kappa shape index (κ2) is 6.01. The molecule has 1 nitrogen and oxygen atoms in total. The molecule has 0 heterocycles.